The first-order chi connectivity index (χ1) is 17.4. The lowest BCUT2D eigenvalue weighted by atomic mass is 9.94. The monoisotopic (exact) mass is 493 g/mol. The molecule has 0 spiro atoms. The van der Waals surface area contributed by atoms with E-state index in [4.69, 9.17) is 9.47 Å². The summed E-state index contributed by atoms with van der Waals surface area (Å²) < 4.78 is 11.2. The fraction of sp³-hybridized carbons (Fsp3) is 0.464. The molecule has 0 bridgehead atoms. The second-order valence-electron chi connectivity index (χ2n) is 9.77. The second-order valence-corrected chi connectivity index (χ2v) is 9.77. The van der Waals surface area contributed by atoms with Crippen LogP contribution in [0.3, 0.4) is 0 Å². The van der Waals surface area contributed by atoms with Crippen LogP contribution in [0.25, 0.3) is 5.76 Å². The molecule has 8 nitrogen and oxygen atoms in total. The molecule has 2 saturated heterocycles. The van der Waals surface area contributed by atoms with E-state index in [1.165, 1.54) is 0 Å². The Morgan fingerprint density at radius 2 is 1.97 bits per heavy atom. The summed E-state index contributed by atoms with van der Waals surface area (Å²) in [4.78, 5) is 34.5. The Kier molecular flexibility index (Phi) is 8.38. The molecule has 2 fully saturated rings. The highest BCUT2D eigenvalue weighted by Crippen LogP contribution is 2.40. The van der Waals surface area contributed by atoms with Crippen LogP contribution in [0.2, 0.25) is 0 Å². The van der Waals surface area contributed by atoms with E-state index in [1.807, 2.05) is 19.1 Å². The third-order valence-corrected chi connectivity index (χ3v) is 6.55. The summed E-state index contributed by atoms with van der Waals surface area (Å²) in [6.45, 7) is 10.9. The fourth-order valence-corrected chi connectivity index (χ4v) is 4.68. The third kappa shape index (κ3) is 5.77. The Labute approximate surface area is 212 Å². The maximum atomic E-state index is 13.3. The van der Waals surface area contributed by atoms with Crippen molar-refractivity contribution in [2.75, 3.05) is 46.0 Å². The molecule has 1 aromatic heterocycles. The standard InChI is InChI=1S/C28H35N3O5/c1-19(2)18-36-22-7-8-23(20(3)16-22)26(32)24-25(21-6-4-9-29-17-21)31(28(34)27(24)33)11-5-10-30-12-14-35-15-13-30/h4,6-9,16-17,19,25,32H,5,10-15,18H2,1-3H3/t25-/m1/s1. The number of hydrogen-bond donors (Lipinski definition) is 1. The van der Waals surface area contributed by atoms with Crippen LogP contribution in [0, 0.1) is 12.8 Å². The quantitative estimate of drug-likeness (QED) is 0.324. The topological polar surface area (TPSA) is 92.2 Å². The van der Waals surface area contributed by atoms with E-state index in [9.17, 15) is 14.7 Å². The Morgan fingerprint density at radius 1 is 1.19 bits per heavy atom. The van der Waals surface area contributed by atoms with Crippen molar-refractivity contribution < 1.29 is 24.2 Å². The number of aromatic nitrogens is 1. The number of rotatable bonds is 9. The van der Waals surface area contributed by atoms with Gasteiger partial charge in [-0.25, -0.2) is 0 Å². The van der Waals surface area contributed by atoms with Gasteiger partial charge in [-0.2, -0.15) is 0 Å². The molecule has 1 amide bonds. The minimum atomic E-state index is -0.695. The predicted octanol–water partition coefficient (Wildman–Crippen LogP) is 3.57. The third-order valence-electron chi connectivity index (χ3n) is 6.55. The van der Waals surface area contributed by atoms with Gasteiger partial charge in [0.1, 0.15) is 11.5 Å². The van der Waals surface area contributed by atoms with Crippen LogP contribution in [0.4, 0.5) is 0 Å². The van der Waals surface area contributed by atoms with Crippen molar-refractivity contribution in [1.29, 1.82) is 0 Å². The maximum Gasteiger partial charge on any atom is 0.295 e. The van der Waals surface area contributed by atoms with Gasteiger partial charge in [0, 0.05) is 44.1 Å². The molecular formula is C28H35N3O5. The minimum Gasteiger partial charge on any atom is -0.507 e. The van der Waals surface area contributed by atoms with Gasteiger partial charge in [0.25, 0.3) is 11.7 Å². The van der Waals surface area contributed by atoms with E-state index >= 15 is 0 Å². The molecule has 192 valence electrons. The van der Waals surface area contributed by atoms with Crippen LogP contribution in [-0.2, 0) is 14.3 Å². The van der Waals surface area contributed by atoms with Gasteiger partial charge < -0.3 is 19.5 Å². The summed E-state index contributed by atoms with van der Waals surface area (Å²) in [5.74, 6) is -0.359. The highest BCUT2D eigenvalue weighted by molar-refractivity contribution is 6.46. The van der Waals surface area contributed by atoms with Gasteiger partial charge in [-0.3, -0.25) is 19.5 Å². The first kappa shape index (κ1) is 25.9. The molecule has 3 heterocycles. The van der Waals surface area contributed by atoms with E-state index in [1.54, 1.807) is 35.5 Å². The van der Waals surface area contributed by atoms with Gasteiger partial charge in [0.2, 0.25) is 0 Å². The number of aliphatic hydroxyl groups is 1. The first-order valence-electron chi connectivity index (χ1n) is 12.6. The minimum absolute atomic E-state index is 0.0957. The van der Waals surface area contributed by atoms with Gasteiger partial charge in [-0.15, -0.1) is 0 Å². The zero-order valence-corrected chi connectivity index (χ0v) is 21.3. The summed E-state index contributed by atoms with van der Waals surface area (Å²) in [5, 5.41) is 11.4. The summed E-state index contributed by atoms with van der Waals surface area (Å²) >= 11 is 0. The van der Waals surface area contributed by atoms with E-state index in [-0.39, 0.29) is 11.3 Å². The van der Waals surface area contributed by atoms with Crippen molar-refractivity contribution in [1.82, 2.24) is 14.8 Å². The summed E-state index contributed by atoms with van der Waals surface area (Å²) in [6, 6.07) is 8.28. The molecule has 1 atom stereocenters. The van der Waals surface area contributed by atoms with Gasteiger partial charge >= 0.3 is 0 Å². The van der Waals surface area contributed by atoms with E-state index < -0.39 is 17.7 Å². The summed E-state index contributed by atoms with van der Waals surface area (Å²) in [7, 11) is 0. The lowest BCUT2D eigenvalue weighted by Crippen LogP contribution is -2.39. The number of aliphatic hydroxyl groups excluding tert-OH is 1. The molecule has 1 N–H and O–H groups in total. The molecule has 0 aliphatic carbocycles. The van der Waals surface area contributed by atoms with Crippen LogP contribution in [0.5, 0.6) is 5.75 Å². The smallest absolute Gasteiger partial charge is 0.295 e. The molecule has 4 rings (SSSR count). The lowest BCUT2D eigenvalue weighted by Gasteiger charge is -2.29. The number of carbonyl (C=O) groups is 2. The van der Waals surface area contributed by atoms with E-state index in [0.717, 1.165) is 25.2 Å². The normalized spacial score (nSPS) is 20.3. The van der Waals surface area contributed by atoms with Gasteiger partial charge in [-0.05, 0) is 54.7 Å². The fourth-order valence-electron chi connectivity index (χ4n) is 4.68. The van der Waals surface area contributed by atoms with Crippen molar-refractivity contribution in [3.05, 3.63) is 65.0 Å². The molecule has 8 heteroatoms. The van der Waals surface area contributed by atoms with Crippen LogP contribution >= 0.6 is 0 Å². The Morgan fingerprint density at radius 3 is 2.64 bits per heavy atom. The molecular weight excluding hydrogens is 458 g/mol. The summed E-state index contributed by atoms with van der Waals surface area (Å²) in [5.41, 5.74) is 2.06. The van der Waals surface area contributed by atoms with Crippen molar-refractivity contribution in [3.63, 3.8) is 0 Å². The highest BCUT2D eigenvalue weighted by Gasteiger charge is 2.46. The number of morpholine rings is 1. The molecule has 2 aliphatic rings. The van der Waals surface area contributed by atoms with Crippen LogP contribution in [-0.4, -0.2) is 77.6 Å². The number of likely N-dealkylation sites (tertiary alicyclic amines) is 1. The second kappa shape index (κ2) is 11.7. The molecule has 0 saturated carbocycles. The molecule has 2 aliphatic heterocycles. The number of ketones is 1. The van der Waals surface area contributed by atoms with E-state index in [2.05, 4.69) is 23.7 Å². The zero-order chi connectivity index (χ0) is 25.7. The number of aryl methyl sites for hydroxylation is 1. The molecule has 1 aromatic carbocycles. The van der Waals surface area contributed by atoms with Crippen LogP contribution in [0.1, 0.15) is 43.0 Å². The number of ether oxygens (including phenoxy) is 2. The Balaban J connectivity index is 1.63. The Bertz CT molecular complexity index is 1110. The van der Waals surface area contributed by atoms with Crippen LogP contribution in [0.15, 0.2) is 48.3 Å². The van der Waals surface area contributed by atoms with Crippen molar-refractivity contribution >= 4 is 17.4 Å². The number of nitrogens with zero attached hydrogens (tertiary/aromatic N) is 3. The number of hydrogen-bond acceptors (Lipinski definition) is 7. The van der Waals surface area contributed by atoms with Crippen molar-refractivity contribution in [3.8, 4) is 5.75 Å². The maximum absolute atomic E-state index is 13.3. The van der Waals surface area contributed by atoms with Gasteiger partial charge in [-0.1, -0.05) is 19.9 Å². The predicted molar refractivity (Wildman–Crippen MR) is 137 cm³/mol. The number of pyridine rings is 1. The number of Topliss-reactive ketones (excluding diaryl/α,β-unsaturated/α-hetero) is 1. The SMILES string of the molecule is Cc1cc(OCC(C)C)ccc1C(O)=C1C(=O)C(=O)N(CCCN2CCOCC2)[C@@H]1c1cccnc1. The molecule has 0 radical (unpaired) electrons. The van der Waals surface area contributed by atoms with Gasteiger partial charge in [0.15, 0.2) is 0 Å². The first-order valence-corrected chi connectivity index (χ1v) is 12.6. The van der Waals surface area contributed by atoms with Crippen LogP contribution < -0.4 is 4.74 Å². The highest BCUT2D eigenvalue weighted by atomic mass is 16.5. The Hall–Kier alpha value is -3.23. The molecule has 2 aromatic rings. The largest absolute Gasteiger partial charge is 0.507 e. The van der Waals surface area contributed by atoms with E-state index in [0.29, 0.717) is 55.6 Å². The zero-order valence-electron chi connectivity index (χ0n) is 21.3. The lowest BCUT2D eigenvalue weighted by molar-refractivity contribution is -0.140. The number of benzene rings is 1. The van der Waals surface area contributed by atoms with Gasteiger partial charge in [0.05, 0.1) is 31.4 Å². The number of amides is 1. The average molecular weight is 494 g/mol. The summed E-state index contributed by atoms with van der Waals surface area (Å²) in [6.07, 6.45) is 4.01. The average Bonchev–Trinajstić information content (AvgIpc) is 3.13. The van der Waals surface area contributed by atoms with Crippen molar-refractivity contribution in [2.45, 2.75) is 33.2 Å². The number of carbonyl (C=O) groups excluding carboxylic acids is 2. The molecule has 36 heavy (non-hydrogen) atoms. The molecule has 0 unspecified atom stereocenters. The van der Waals surface area contributed by atoms with Crippen molar-refractivity contribution in [2.24, 2.45) is 5.92 Å².